The molecule has 2 aromatic carbocycles. The number of non-ortho nitro benzene ring substituents is 1. The molecule has 1 aliphatic heterocycles. The minimum Gasteiger partial charge on any atom is -0.379 e. The van der Waals surface area contributed by atoms with E-state index >= 15 is 0 Å². The topological polar surface area (TPSA) is 119 Å². The van der Waals surface area contributed by atoms with Crippen molar-refractivity contribution in [1.82, 2.24) is 0 Å². The lowest BCUT2D eigenvalue weighted by atomic mass is 10.2. The van der Waals surface area contributed by atoms with Crippen LogP contribution in [0.5, 0.6) is 0 Å². The number of hydrogen-bond donors (Lipinski definition) is 2. The van der Waals surface area contributed by atoms with Crippen molar-refractivity contribution in [3.05, 3.63) is 57.4 Å². The van der Waals surface area contributed by atoms with Crippen LogP contribution >= 0.6 is 11.6 Å². The van der Waals surface area contributed by atoms with Crippen LogP contribution in [0.25, 0.3) is 0 Å². The second kappa shape index (κ2) is 7.29. The maximum atomic E-state index is 13.3. The smallest absolute Gasteiger partial charge is 0.271 e. The van der Waals surface area contributed by atoms with Crippen LogP contribution in [-0.4, -0.2) is 32.5 Å². The molecular formula is C16H16ClFN4O4S. The number of primary sulfonamides is 1. The van der Waals surface area contributed by atoms with Crippen molar-refractivity contribution in [2.75, 3.05) is 23.3 Å². The Morgan fingerprint density at radius 2 is 2.04 bits per heavy atom. The molecular weight excluding hydrogens is 399 g/mol. The summed E-state index contributed by atoms with van der Waals surface area (Å²) >= 11 is 5.81. The van der Waals surface area contributed by atoms with Gasteiger partial charge in [-0.05, 0) is 30.7 Å². The molecule has 3 rings (SSSR count). The molecule has 144 valence electrons. The molecule has 11 heteroatoms. The zero-order valence-corrected chi connectivity index (χ0v) is 15.5. The van der Waals surface area contributed by atoms with Crippen LogP contribution in [0.4, 0.5) is 21.5 Å². The first-order valence-corrected chi connectivity index (χ1v) is 9.85. The fourth-order valence-corrected chi connectivity index (χ4v) is 3.86. The molecule has 0 bridgehead atoms. The average molecular weight is 415 g/mol. The highest BCUT2D eigenvalue weighted by Gasteiger charge is 2.26. The van der Waals surface area contributed by atoms with Crippen LogP contribution in [0.2, 0.25) is 5.02 Å². The van der Waals surface area contributed by atoms with Crippen LogP contribution in [0.3, 0.4) is 0 Å². The Bertz CT molecular complexity index is 1000. The fourth-order valence-electron chi connectivity index (χ4n) is 3.01. The first-order chi connectivity index (χ1) is 12.6. The molecule has 1 unspecified atom stereocenters. The number of nitrogens with two attached hydrogens (primary N) is 1. The molecule has 3 N–H and O–H groups in total. The van der Waals surface area contributed by atoms with Crippen molar-refractivity contribution in [3.8, 4) is 0 Å². The molecule has 1 saturated heterocycles. The predicted molar refractivity (Wildman–Crippen MR) is 100 cm³/mol. The number of nitrogens with one attached hydrogen (secondary N) is 1. The van der Waals surface area contributed by atoms with E-state index < -0.39 is 20.8 Å². The van der Waals surface area contributed by atoms with E-state index in [0.29, 0.717) is 19.5 Å². The summed E-state index contributed by atoms with van der Waals surface area (Å²) in [6.45, 7) is 1.11. The van der Waals surface area contributed by atoms with Crippen molar-refractivity contribution in [2.45, 2.75) is 17.4 Å². The maximum absolute atomic E-state index is 13.3. The SMILES string of the molecule is NS(=O)(=O)c1ccc([N+](=O)[O-])cc1NC1CCN(c2ccc(F)c(Cl)c2)C1. The van der Waals surface area contributed by atoms with Gasteiger partial charge in [-0.25, -0.2) is 17.9 Å². The molecule has 0 saturated carbocycles. The zero-order valence-electron chi connectivity index (χ0n) is 13.9. The molecule has 0 spiro atoms. The molecule has 0 aliphatic carbocycles. The Morgan fingerprint density at radius 3 is 2.67 bits per heavy atom. The van der Waals surface area contributed by atoms with E-state index in [1.54, 1.807) is 6.07 Å². The summed E-state index contributed by atoms with van der Waals surface area (Å²) < 4.78 is 36.9. The van der Waals surface area contributed by atoms with Gasteiger partial charge >= 0.3 is 0 Å². The van der Waals surface area contributed by atoms with Crippen LogP contribution in [0.1, 0.15) is 6.42 Å². The van der Waals surface area contributed by atoms with E-state index in [0.717, 1.165) is 23.9 Å². The third-order valence-electron chi connectivity index (χ3n) is 4.30. The lowest BCUT2D eigenvalue weighted by Crippen LogP contribution is -2.27. The van der Waals surface area contributed by atoms with Gasteiger partial charge in [0.2, 0.25) is 10.0 Å². The third kappa shape index (κ3) is 4.29. The van der Waals surface area contributed by atoms with Crippen molar-refractivity contribution in [3.63, 3.8) is 0 Å². The highest BCUT2D eigenvalue weighted by molar-refractivity contribution is 7.89. The Hall–Kier alpha value is -2.43. The van der Waals surface area contributed by atoms with E-state index in [1.807, 2.05) is 4.90 Å². The van der Waals surface area contributed by atoms with Crippen LogP contribution in [0.15, 0.2) is 41.3 Å². The maximum Gasteiger partial charge on any atom is 0.271 e. The molecule has 27 heavy (non-hydrogen) atoms. The molecule has 0 radical (unpaired) electrons. The van der Waals surface area contributed by atoms with Gasteiger partial charge in [0.1, 0.15) is 10.7 Å². The zero-order chi connectivity index (χ0) is 19.8. The molecule has 1 atom stereocenters. The van der Waals surface area contributed by atoms with Crippen molar-refractivity contribution < 1.29 is 17.7 Å². The Labute approximate surface area is 159 Å². The number of hydrogen-bond acceptors (Lipinski definition) is 6. The number of nitrogens with zero attached hydrogens (tertiary/aromatic N) is 2. The molecule has 0 amide bonds. The predicted octanol–water partition coefficient (Wildman–Crippen LogP) is 2.73. The van der Waals surface area contributed by atoms with Gasteiger partial charge in [0.15, 0.2) is 0 Å². The fraction of sp³-hybridized carbons (Fsp3) is 0.250. The molecule has 1 fully saturated rings. The highest BCUT2D eigenvalue weighted by Crippen LogP contribution is 2.30. The standard InChI is InChI=1S/C16H16ClFN4O4S/c17-13-7-11(1-3-14(13)18)21-6-5-10(9-21)20-15-8-12(22(23)24)2-4-16(15)27(19,25)26/h1-4,7-8,10,20H,5-6,9H2,(H2,19,25,26). The Balaban J connectivity index is 1.82. The van der Waals surface area contributed by atoms with Gasteiger partial charge in [0.05, 0.1) is 15.6 Å². The minimum absolute atomic E-state index is 0.0131. The summed E-state index contributed by atoms with van der Waals surface area (Å²) in [7, 11) is -4.05. The summed E-state index contributed by atoms with van der Waals surface area (Å²) in [5.41, 5.74) is 0.567. The van der Waals surface area contributed by atoms with Gasteiger partial charge < -0.3 is 10.2 Å². The second-order valence-corrected chi connectivity index (χ2v) is 8.09. The van der Waals surface area contributed by atoms with Crippen molar-refractivity contribution in [1.29, 1.82) is 0 Å². The largest absolute Gasteiger partial charge is 0.379 e. The summed E-state index contributed by atoms with van der Waals surface area (Å²) in [5.74, 6) is -0.510. The second-order valence-electron chi connectivity index (χ2n) is 6.16. The summed E-state index contributed by atoms with van der Waals surface area (Å²) in [5, 5.41) is 19.2. The number of benzene rings is 2. The Morgan fingerprint density at radius 1 is 1.30 bits per heavy atom. The highest BCUT2D eigenvalue weighted by atomic mass is 35.5. The Kier molecular flexibility index (Phi) is 5.22. The van der Waals surface area contributed by atoms with E-state index in [2.05, 4.69) is 5.32 Å². The number of nitro groups is 1. The molecule has 0 aromatic heterocycles. The van der Waals surface area contributed by atoms with Crippen LogP contribution in [0, 0.1) is 15.9 Å². The summed E-state index contributed by atoms with van der Waals surface area (Å²) in [6, 6.07) is 7.57. The quantitative estimate of drug-likeness (QED) is 0.573. The van der Waals surface area contributed by atoms with Crippen molar-refractivity contribution in [2.24, 2.45) is 5.14 Å². The molecule has 1 heterocycles. The third-order valence-corrected chi connectivity index (χ3v) is 5.56. The summed E-state index contributed by atoms with van der Waals surface area (Å²) in [6.07, 6.45) is 0.641. The molecule has 2 aromatic rings. The van der Waals surface area contributed by atoms with Gasteiger partial charge in [-0.3, -0.25) is 10.1 Å². The lowest BCUT2D eigenvalue weighted by molar-refractivity contribution is -0.384. The normalized spacial score (nSPS) is 17.1. The number of rotatable bonds is 5. The number of nitro benzene ring substituents is 1. The summed E-state index contributed by atoms with van der Waals surface area (Å²) in [4.78, 5) is 12.1. The number of anilines is 2. The van der Waals surface area contributed by atoms with E-state index in [-0.39, 0.29) is 27.3 Å². The first-order valence-electron chi connectivity index (χ1n) is 7.93. The lowest BCUT2D eigenvalue weighted by Gasteiger charge is -2.20. The number of sulfonamides is 1. The van der Waals surface area contributed by atoms with E-state index in [4.69, 9.17) is 16.7 Å². The van der Waals surface area contributed by atoms with Gasteiger partial charge in [-0.15, -0.1) is 0 Å². The van der Waals surface area contributed by atoms with Gasteiger partial charge in [0.25, 0.3) is 5.69 Å². The molecule has 1 aliphatic rings. The van der Waals surface area contributed by atoms with Gasteiger partial charge in [0, 0.05) is 37.0 Å². The number of halogens is 2. The van der Waals surface area contributed by atoms with Crippen molar-refractivity contribution >= 4 is 38.7 Å². The average Bonchev–Trinajstić information content (AvgIpc) is 3.04. The van der Waals surface area contributed by atoms with Gasteiger partial charge in [-0.2, -0.15) is 0 Å². The monoisotopic (exact) mass is 414 g/mol. The van der Waals surface area contributed by atoms with E-state index in [9.17, 15) is 22.9 Å². The van der Waals surface area contributed by atoms with Gasteiger partial charge in [-0.1, -0.05) is 11.6 Å². The van der Waals surface area contributed by atoms with Crippen LogP contribution < -0.4 is 15.4 Å². The van der Waals surface area contributed by atoms with E-state index in [1.165, 1.54) is 12.1 Å². The molecule has 8 nitrogen and oxygen atoms in total. The minimum atomic E-state index is -4.05. The van der Waals surface area contributed by atoms with Crippen LogP contribution in [-0.2, 0) is 10.0 Å². The first kappa shape index (κ1) is 19.3.